The number of sulfone groups is 1. The molecule has 1 heterocycles. The van der Waals surface area contributed by atoms with Crippen molar-refractivity contribution in [1.82, 2.24) is 4.98 Å². The van der Waals surface area contributed by atoms with Gasteiger partial charge in [0.05, 0.1) is 17.0 Å². The van der Waals surface area contributed by atoms with Crippen molar-refractivity contribution in [2.24, 2.45) is 0 Å². The van der Waals surface area contributed by atoms with Crippen LogP contribution in [-0.4, -0.2) is 25.6 Å². The van der Waals surface area contributed by atoms with Crippen molar-refractivity contribution in [2.75, 3.05) is 11.6 Å². The Morgan fingerprint density at radius 3 is 2.59 bits per heavy atom. The van der Waals surface area contributed by atoms with Gasteiger partial charge in [0.25, 0.3) is 0 Å². The molecule has 1 aliphatic rings. The molecule has 3 aromatic rings. The number of benzene rings is 2. The number of anilines is 1. The summed E-state index contributed by atoms with van der Waals surface area (Å²) in [6.07, 6.45) is 3.26. The molecular formula is C20H18N2O3S2. The van der Waals surface area contributed by atoms with E-state index in [0.29, 0.717) is 5.13 Å². The van der Waals surface area contributed by atoms with E-state index in [2.05, 4.69) is 22.4 Å². The van der Waals surface area contributed by atoms with Crippen LogP contribution in [-0.2, 0) is 33.9 Å². The van der Waals surface area contributed by atoms with E-state index >= 15 is 0 Å². The molecule has 1 N–H and O–H groups in total. The molecule has 1 aromatic heterocycles. The van der Waals surface area contributed by atoms with E-state index in [1.54, 1.807) is 12.1 Å². The second kappa shape index (κ2) is 6.90. The van der Waals surface area contributed by atoms with Crippen LogP contribution in [0.3, 0.4) is 0 Å². The highest BCUT2D eigenvalue weighted by atomic mass is 32.2. The molecule has 27 heavy (non-hydrogen) atoms. The van der Waals surface area contributed by atoms with E-state index in [1.165, 1.54) is 33.9 Å². The first-order chi connectivity index (χ1) is 12.9. The molecule has 0 spiro atoms. The topological polar surface area (TPSA) is 76.1 Å². The summed E-state index contributed by atoms with van der Waals surface area (Å²) in [7, 11) is -3.23. The number of aromatic nitrogens is 1. The summed E-state index contributed by atoms with van der Waals surface area (Å²) >= 11 is 1.52. The first-order valence-electron chi connectivity index (χ1n) is 8.57. The van der Waals surface area contributed by atoms with Gasteiger partial charge in [-0.05, 0) is 36.1 Å². The van der Waals surface area contributed by atoms with Gasteiger partial charge in [0.1, 0.15) is 0 Å². The van der Waals surface area contributed by atoms with E-state index in [1.807, 2.05) is 12.1 Å². The zero-order chi connectivity index (χ0) is 19.0. The highest BCUT2D eigenvalue weighted by Gasteiger charge is 2.21. The van der Waals surface area contributed by atoms with Gasteiger partial charge >= 0.3 is 0 Å². The Labute approximate surface area is 162 Å². The molecule has 5 nitrogen and oxygen atoms in total. The minimum atomic E-state index is -3.23. The van der Waals surface area contributed by atoms with Crippen molar-refractivity contribution >= 4 is 32.2 Å². The Balaban J connectivity index is 1.48. The fraction of sp³-hybridized carbons (Fsp3) is 0.200. The number of fused-ring (bicyclic) bond motifs is 3. The highest BCUT2D eigenvalue weighted by Crippen LogP contribution is 2.37. The quantitative estimate of drug-likeness (QED) is 0.730. The Kier molecular flexibility index (Phi) is 4.57. The maximum atomic E-state index is 12.4. The Morgan fingerprint density at radius 1 is 1.11 bits per heavy atom. The maximum absolute atomic E-state index is 12.4. The lowest BCUT2D eigenvalue weighted by atomic mass is 9.94. The summed E-state index contributed by atoms with van der Waals surface area (Å²) < 4.78 is 23.0. The largest absolute Gasteiger partial charge is 0.302 e. The number of thiazole rings is 1. The van der Waals surface area contributed by atoms with Crippen LogP contribution in [0.5, 0.6) is 0 Å². The van der Waals surface area contributed by atoms with Gasteiger partial charge in [-0.15, -0.1) is 11.3 Å². The third-order valence-electron chi connectivity index (χ3n) is 4.55. The normalized spacial score (nSPS) is 12.9. The minimum absolute atomic E-state index is 0.165. The van der Waals surface area contributed by atoms with Gasteiger partial charge < -0.3 is 5.32 Å². The number of carbonyl (C=O) groups excluding carboxylic acids is 1. The van der Waals surface area contributed by atoms with Gasteiger partial charge in [-0.2, -0.15) is 0 Å². The van der Waals surface area contributed by atoms with Gasteiger partial charge in [0.2, 0.25) is 5.91 Å². The van der Waals surface area contributed by atoms with Crippen LogP contribution < -0.4 is 5.32 Å². The van der Waals surface area contributed by atoms with E-state index in [0.717, 1.165) is 35.9 Å². The lowest BCUT2D eigenvalue weighted by Gasteiger charge is -2.13. The number of hydrogen-bond acceptors (Lipinski definition) is 5. The fourth-order valence-electron chi connectivity index (χ4n) is 3.21. The second-order valence-electron chi connectivity index (χ2n) is 6.59. The zero-order valence-corrected chi connectivity index (χ0v) is 16.4. The summed E-state index contributed by atoms with van der Waals surface area (Å²) in [5, 5.41) is 3.48. The highest BCUT2D eigenvalue weighted by molar-refractivity contribution is 7.90. The molecule has 0 saturated heterocycles. The predicted molar refractivity (Wildman–Crippen MR) is 107 cm³/mol. The van der Waals surface area contributed by atoms with Crippen LogP contribution in [0.4, 0.5) is 5.13 Å². The number of aryl methyl sites for hydroxylation is 2. The Bertz CT molecular complexity index is 1120. The van der Waals surface area contributed by atoms with Crippen LogP contribution >= 0.6 is 11.3 Å². The van der Waals surface area contributed by atoms with E-state index in [4.69, 9.17) is 0 Å². The smallest absolute Gasteiger partial charge is 0.230 e. The Hall–Kier alpha value is -2.51. The molecule has 1 amide bonds. The number of carbonyl (C=O) groups is 1. The van der Waals surface area contributed by atoms with Crippen LogP contribution in [0.15, 0.2) is 53.4 Å². The van der Waals surface area contributed by atoms with E-state index in [-0.39, 0.29) is 17.2 Å². The lowest BCUT2D eigenvalue weighted by molar-refractivity contribution is -0.115. The number of hydrogen-bond donors (Lipinski definition) is 1. The molecule has 0 fully saturated rings. The second-order valence-corrected chi connectivity index (χ2v) is 9.69. The van der Waals surface area contributed by atoms with Crippen LogP contribution in [0.1, 0.15) is 16.0 Å². The number of nitrogens with one attached hydrogen (secondary N) is 1. The van der Waals surface area contributed by atoms with Crippen LogP contribution in [0.2, 0.25) is 0 Å². The maximum Gasteiger partial charge on any atom is 0.230 e. The van der Waals surface area contributed by atoms with Crippen molar-refractivity contribution in [1.29, 1.82) is 0 Å². The van der Waals surface area contributed by atoms with Crippen molar-refractivity contribution in [2.45, 2.75) is 24.2 Å². The zero-order valence-electron chi connectivity index (χ0n) is 14.7. The minimum Gasteiger partial charge on any atom is -0.302 e. The molecule has 0 unspecified atom stereocenters. The molecule has 0 atom stereocenters. The third-order valence-corrected chi connectivity index (χ3v) is 6.71. The summed E-state index contributed by atoms with van der Waals surface area (Å²) in [5.74, 6) is -0.165. The SMILES string of the molecule is CS(=O)(=O)c1ccc(CC(=O)Nc2nc3c(s2)CCc2ccccc2-3)cc1. The first-order valence-corrected chi connectivity index (χ1v) is 11.3. The van der Waals surface area contributed by atoms with Gasteiger partial charge in [-0.25, -0.2) is 13.4 Å². The summed E-state index contributed by atoms with van der Waals surface area (Å²) in [6, 6.07) is 14.6. The van der Waals surface area contributed by atoms with E-state index in [9.17, 15) is 13.2 Å². The molecule has 2 aromatic carbocycles. The monoisotopic (exact) mass is 398 g/mol. The number of rotatable bonds is 4. The molecular weight excluding hydrogens is 380 g/mol. The molecule has 1 aliphatic carbocycles. The third kappa shape index (κ3) is 3.79. The molecule has 7 heteroatoms. The summed E-state index contributed by atoms with van der Waals surface area (Å²) in [6.45, 7) is 0. The van der Waals surface area contributed by atoms with Gasteiger partial charge in [-0.1, -0.05) is 36.4 Å². The average Bonchev–Trinajstić information content (AvgIpc) is 3.04. The lowest BCUT2D eigenvalue weighted by Crippen LogP contribution is -2.14. The van der Waals surface area contributed by atoms with Crippen molar-refractivity contribution in [3.63, 3.8) is 0 Å². The van der Waals surface area contributed by atoms with Crippen LogP contribution in [0.25, 0.3) is 11.3 Å². The predicted octanol–water partition coefficient (Wildman–Crippen LogP) is 3.49. The van der Waals surface area contributed by atoms with Gasteiger partial charge in [-0.3, -0.25) is 4.79 Å². The fourth-order valence-corrected chi connectivity index (χ4v) is 4.83. The van der Waals surface area contributed by atoms with Crippen molar-refractivity contribution < 1.29 is 13.2 Å². The number of nitrogens with zero attached hydrogens (tertiary/aromatic N) is 1. The van der Waals surface area contributed by atoms with E-state index < -0.39 is 9.84 Å². The molecule has 0 bridgehead atoms. The molecule has 0 aliphatic heterocycles. The van der Waals surface area contributed by atoms with Crippen molar-refractivity contribution in [3.05, 3.63) is 64.5 Å². The van der Waals surface area contributed by atoms with Crippen molar-refractivity contribution in [3.8, 4) is 11.3 Å². The Morgan fingerprint density at radius 2 is 1.85 bits per heavy atom. The molecule has 4 rings (SSSR count). The molecule has 0 radical (unpaired) electrons. The molecule has 138 valence electrons. The average molecular weight is 399 g/mol. The first kappa shape index (κ1) is 17.9. The standard InChI is InChI=1S/C20H18N2O3S2/c1-27(24,25)15-9-6-13(7-10-15)12-18(23)21-20-22-19-16-5-3-2-4-14(16)8-11-17(19)26-20/h2-7,9-10H,8,11-12H2,1H3,(H,21,22,23). The summed E-state index contributed by atoms with van der Waals surface area (Å²) in [4.78, 5) is 18.4. The van der Waals surface area contributed by atoms with Crippen LogP contribution in [0, 0.1) is 0 Å². The van der Waals surface area contributed by atoms with Gasteiger partial charge in [0, 0.05) is 16.7 Å². The molecule has 0 saturated carbocycles. The number of amides is 1. The summed E-state index contributed by atoms with van der Waals surface area (Å²) in [5.41, 5.74) is 4.16. The van der Waals surface area contributed by atoms with Gasteiger partial charge in [0.15, 0.2) is 15.0 Å².